The zero-order valence-corrected chi connectivity index (χ0v) is 17.9. The molecule has 1 amide bonds. The highest BCUT2D eigenvalue weighted by Gasteiger charge is 2.10. The average molecular weight is 407 g/mol. The maximum absolute atomic E-state index is 12.4. The Morgan fingerprint density at radius 3 is 2.63 bits per heavy atom. The minimum absolute atomic E-state index is 0.0120. The molecule has 0 spiro atoms. The lowest BCUT2D eigenvalue weighted by molar-refractivity contribution is -0.116. The van der Waals surface area contributed by atoms with Crippen LogP contribution in [0.5, 0.6) is 0 Å². The molecule has 1 heterocycles. The summed E-state index contributed by atoms with van der Waals surface area (Å²) in [4.78, 5) is 26.7. The standard InChI is InChI=1S/C24H30N4O2/c1-17(2)16-28(3)14-7-6-13-22(29)25-19-10-8-9-18(15-19)23-20-11-4-5-12-21(20)24(30)27-26-23/h4-5,8-12,15,17H,6-7,13-14,16H2,1-3H3,(H,25,29)(H,27,30). The molecule has 6 nitrogen and oxygen atoms in total. The number of aromatic amines is 1. The minimum Gasteiger partial charge on any atom is -0.326 e. The van der Waals surface area contributed by atoms with Gasteiger partial charge < -0.3 is 10.2 Å². The molecule has 158 valence electrons. The van der Waals surface area contributed by atoms with E-state index < -0.39 is 0 Å². The van der Waals surface area contributed by atoms with E-state index in [4.69, 9.17) is 0 Å². The van der Waals surface area contributed by atoms with Crippen molar-refractivity contribution in [3.63, 3.8) is 0 Å². The average Bonchev–Trinajstić information content (AvgIpc) is 2.71. The summed E-state index contributed by atoms with van der Waals surface area (Å²) in [5.41, 5.74) is 2.05. The largest absolute Gasteiger partial charge is 0.326 e. The topological polar surface area (TPSA) is 78.1 Å². The SMILES string of the molecule is CC(C)CN(C)CCCCC(=O)Nc1cccc(-c2n[nH]c(=O)c3ccccc23)c1. The summed E-state index contributed by atoms with van der Waals surface area (Å²) < 4.78 is 0. The number of nitrogens with zero attached hydrogens (tertiary/aromatic N) is 2. The molecule has 3 aromatic rings. The number of rotatable bonds is 9. The van der Waals surface area contributed by atoms with Crippen molar-refractivity contribution in [2.24, 2.45) is 5.92 Å². The maximum atomic E-state index is 12.4. The van der Waals surface area contributed by atoms with E-state index in [2.05, 4.69) is 41.3 Å². The highest BCUT2D eigenvalue weighted by molar-refractivity contribution is 5.95. The molecular weight excluding hydrogens is 376 g/mol. The summed E-state index contributed by atoms with van der Waals surface area (Å²) in [7, 11) is 2.13. The monoisotopic (exact) mass is 406 g/mol. The lowest BCUT2D eigenvalue weighted by Crippen LogP contribution is -2.24. The van der Waals surface area contributed by atoms with Crippen molar-refractivity contribution < 1.29 is 4.79 Å². The van der Waals surface area contributed by atoms with Gasteiger partial charge in [-0.05, 0) is 50.6 Å². The molecule has 0 unspecified atom stereocenters. The molecule has 2 aromatic carbocycles. The third kappa shape index (κ3) is 5.76. The minimum atomic E-state index is -0.210. The fraction of sp³-hybridized carbons (Fsp3) is 0.375. The smallest absolute Gasteiger partial charge is 0.272 e. The predicted molar refractivity (Wildman–Crippen MR) is 123 cm³/mol. The van der Waals surface area contributed by atoms with Crippen LogP contribution in [0.1, 0.15) is 33.1 Å². The Hall–Kier alpha value is -2.99. The Balaban J connectivity index is 1.62. The van der Waals surface area contributed by atoms with Gasteiger partial charge in [-0.2, -0.15) is 5.10 Å². The van der Waals surface area contributed by atoms with Crippen molar-refractivity contribution in [2.75, 3.05) is 25.5 Å². The zero-order valence-electron chi connectivity index (χ0n) is 17.9. The van der Waals surface area contributed by atoms with Crippen LogP contribution in [0, 0.1) is 5.92 Å². The summed E-state index contributed by atoms with van der Waals surface area (Å²) in [6, 6.07) is 14.9. The highest BCUT2D eigenvalue weighted by Crippen LogP contribution is 2.26. The summed E-state index contributed by atoms with van der Waals surface area (Å²) >= 11 is 0. The summed E-state index contributed by atoms with van der Waals surface area (Å²) in [5, 5.41) is 11.2. The normalized spacial score (nSPS) is 11.4. The molecule has 6 heteroatoms. The molecule has 30 heavy (non-hydrogen) atoms. The van der Waals surface area contributed by atoms with Gasteiger partial charge in [-0.1, -0.05) is 44.2 Å². The maximum Gasteiger partial charge on any atom is 0.272 e. The van der Waals surface area contributed by atoms with E-state index in [1.54, 1.807) is 6.07 Å². The van der Waals surface area contributed by atoms with Crippen LogP contribution in [0.2, 0.25) is 0 Å². The van der Waals surface area contributed by atoms with Gasteiger partial charge >= 0.3 is 0 Å². The fourth-order valence-electron chi connectivity index (χ4n) is 3.68. The van der Waals surface area contributed by atoms with E-state index in [1.165, 1.54) is 0 Å². The number of unbranched alkanes of at least 4 members (excludes halogenated alkanes) is 1. The Morgan fingerprint density at radius 1 is 1.10 bits per heavy atom. The second-order valence-corrected chi connectivity index (χ2v) is 8.19. The van der Waals surface area contributed by atoms with Gasteiger partial charge in [0, 0.05) is 29.6 Å². The first-order valence-corrected chi connectivity index (χ1v) is 10.5. The van der Waals surface area contributed by atoms with Crippen molar-refractivity contribution in [3.05, 3.63) is 58.9 Å². The Morgan fingerprint density at radius 2 is 1.87 bits per heavy atom. The number of anilines is 1. The molecule has 0 saturated carbocycles. The Kier molecular flexibility index (Phi) is 7.36. The molecule has 0 aliphatic carbocycles. The number of aromatic nitrogens is 2. The van der Waals surface area contributed by atoms with E-state index in [0.29, 0.717) is 23.4 Å². The summed E-state index contributed by atoms with van der Waals surface area (Å²) in [6.45, 7) is 6.51. The summed E-state index contributed by atoms with van der Waals surface area (Å²) in [5.74, 6) is 0.664. The number of carbonyl (C=O) groups is 1. The second-order valence-electron chi connectivity index (χ2n) is 8.19. The third-order valence-corrected chi connectivity index (χ3v) is 4.99. The van der Waals surface area contributed by atoms with Crippen molar-refractivity contribution >= 4 is 22.4 Å². The van der Waals surface area contributed by atoms with Crippen LogP contribution in [0.3, 0.4) is 0 Å². The number of H-pyrrole nitrogens is 1. The first-order valence-electron chi connectivity index (χ1n) is 10.5. The number of nitrogens with one attached hydrogen (secondary N) is 2. The molecule has 3 rings (SSSR count). The molecule has 0 aliphatic heterocycles. The van der Waals surface area contributed by atoms with E-state index in [9.17, 15) is 9.59 Å². The lowest BCUT2D eigenvalue weighted by Gasteiger charge is -2.18. The van der Waals surface area contributed by atoms with E-state index in [1.807, 2.05) is 42.5 Å². The highest BCUT2D eigenvalue weighted by atomic mass is 16.1. The fourth-order valence-corrected chi connectivity index (χ4v) is 3.68. The van der Waals surface area contributed by atoms with Gasteiger partial charge in [-0.3, -0.25) is 9.59 Å². The number of fused-ring (bicyclic) bond motifs is 1. The van der Waals surface area contributed by atoms with Gasteiger partial charge in [0.2, 0.25) is 5.91 Å². The van der Waals surface area contributed by atoms with Gasteiger partial charge in [0.05, 0.1) is 11.1 Å². The molecule has 0 bridgehead atoms. The zero-order chi connectivity index (χ0) is 21.5. The Labute approximate surface area is 177 Å². The van der Waals surface area contributed by atoms with Crippen molar-refractivity contribution in [3.8, 4) is 11.3 Å². The van der Waals surface area contributed by atoms with Gasteiger partial charge in [0.25, 0.3) is 5.56 Å². The molecular formula is C24H30N4O2. The van der Waals surface area contributed by atoms with Crippen LogP contribution < -0.4 is 10.9 Å². The van der Waals surface area contributed by atoms with Gasteiger partial charge in [0.1, 0.15) is 0 Å². The number of amides is 1. The van der Waals surface area contributed by atoms with Crippen molar-refractivity contribution in [1.82, 2.24) is 15.1 Å². The van der Waals surface area contributed by atoms with Crippen LogP contribution in [0.15, 0.2) is 53.3 Å². The van der Waals surface area contributed by atoms with Crippen molar-refractivity contribution in [2.45, 2.75) is 33.1 Å². The number of hydrogen-bond donors (Lipinski definition) is 2. The van der Waals surface area contributed by atoms with Crippen LogP contribution in [0.25, 0.3) is 22.0 Å². The molecule has 0 atom stereocenters. The van der Waals surface area contributed by atoms with Crippen LogP contribution >= 0.6 is 0 Å². The number of benzene rings is 2. The van der Waals surface area contributed by atoms with E-state index >= 15 is 0 Å². The first kappa shape index (κ1) is 21.7. The molecule has 0 radical (unpaired) electrons. The van der Waals surface area contributed by atoms with Crippen LogP contribution in [0.4, 0.5) is 5.69 Å². The second kappa shape index (κ2) is 10.2. The number of hydrogen-bond acceptors (Lipinski definition) is 4. The Bertz CT molecular complexity index is 1060. The third-order valence-electron chi connectivity index (χ3n) is 4.99. The van der Waals surface area contributed by atoms with Crippen molar-refractivity contribution in [1.29, 1.82) is 0 Å². The van der Waals surface area contributed by atoms with Gasteiger partial charge in [-0.25, -0.2) is 5.10 Å². The van der Waals surface area contributed by atoms with E-state index in [-0.39, 0.29) is 11.5 Å². The predicted octanol–water partition coefficient (Wildman–Crippen LogP) is 4.29. The van der Waals surface area contributed by atoms with E-state index in [0.717, 1.165) is 42.6 Å². The van der Waals surface area contributed by atoms with Crippen LogP contribution in [-0.2, 0) is 4.79 Å². The quantitative estimate of drug-likeness (QED) is 0.520. The number of carbonyl (C=O) groups excluding carboxylic acids is 1. The molecule has 0 aliphatic rings. The van der Waals surface area contributed by atoms with Crippen LogP contribution in [-0.4, -0.2) is 41.1 Å². The molecule has 0 fully saturated rings. The molecule has 2 N–H and O–H groups in total. The molecule has 1 aromatic heterocycles. The lowest BCUT2D eigenvalue weighted by atomic mass is 10.0. The van der Waals surface area contributed by atoms with Gasteiger partial charge in [-0.15, -0.1) is 0 Å². The summed E-state index contributed by atoms with van der Waals surface area (Å²) in [6.07, 6.45) is 2.36. The molecule has 0 saturated heterocycles. The first-order chi connectivity index (χ1) is 14.4. The van der Waals surface area contributed by atoms with Gasteiger partial charge in [0.15, 0.2) is 0 Å².